The van der Waals surface area contributed by atoms with Crippen molar-refractivity contribution in [3.63, 3.8) is 0 Å². The summed E-state index contributed by atoms with van der Waals surface area (Å²) in [5, 5.41) is 23.2. The van der Waals surface area contributed by atoms with Crippen molar-refractivity contribution in [2.75, 3.05) is 11.9 Å². The van der Waals surface area contributed by atoms with Gasteiger partial charge in [0.25, 0.3) is 5.56 Å². The van der Waals surface area contributed by atoms with Crippen LogP contribution in [0.3, 0.4) is 0 Å². The molecule has 0 saturated heterocycles. The first kappa shape index (κ1) is 22.5. The van der Waals surface area contributed by atoms with E-state index in [1.807, 2.05) is 6.07 Å². The first-order chi connectivity index (χ1) is 16.1. The molecular weight excluding hydrogens is 433 g/mol. The Balaban J connectivity index is 1.40. The van der Waals surface area contributed by atoms with Crippen LogP contribution in [0.2, 0.25) is 0 Å². The maximum Gasteiger partial charge on any atom is 0.267 e. The number of phenolic OH excluding ortho intramolecular Hbond substituents is 1. The molecule has 3 aromatic rings. The maximum atomic E-state index is 15.0. The second-order valence-corrected chi connectivity index (χ2v) is 10.8. The number of nitrogens with zero attached hydrogens (tertiary/aromatic N) is 5. The van der Waals surface area contributed by atoms with Crippen molar-refractivity contribution in [3.05, 3.63) is 52.7 Å². The van der Waals surface area contributed by atoms with Crippen LogP contribution < -0.4 is 10.5 Å². The van der Waals surface area contributed by atoms with Gasteiger partial charge in [-0.25, -0.2) is 9.07 Å². The molecule has 34 heavy (non-hydrogen) atoms. The van der Waals surface area contributed by atoms with Crippen LogP contribution in [0.25, 0.3) is 22.4 Å². The van der Waals surface area contributed by atoms with E-state index in [2.05, 4.69) is 41.1 Å². The molecule has 2 aliphatic carbocycles. The van der Waals surface area contributed by atoms with Gasteiger partial charge in [0, 0.05) is 31.8 Å². The van der Waals surface area contributed by atoms with E-state index in [1.165, 1.54) is 55.4 Å². The highest BCUT2D eigenvalue weighted by Crippen LogP contribution is 2.58. The minimum Gasteiger partial charge on any atom is -0.507 e. The van der Waals surface area contributed by atoms with Crippen LogP contribution in [0.15, 0.2) is 41.3 Å². The van der Waals surface area contributed by atoms with Crippen LogP contribution in [-0.2, 0) is 7.05 Å². The predicted molar refractivity (Wildman–Crippen MR) is 129 cm³/mol. The Labute approximate surface area is 198 Å². The van der Waals surface area contributed by atoms with Crippen LogP contribution in [0.5, 0.6) is 5.75 Å². The first-order valence-electron chi connectivity index (χ1n) is 11.7. The van der Waals surface area contributed by atoms with Crippen molar-refractivity contribution in [2.24, 2.45) is 17.9 Å². The second kappa shape index (κ2) is 7.89. The van der Waals surface area contributed by atoms with Gasteiger partial charge in [0.2, 0.25) is 0 Å². The summed E-state index contributed by atoms with van der Waals surface area (Å²) in [5.74, 6) is -0.170. The van der Waals surface area contributed by atoms with Gasteiger partial charge >= 0.3 is 0 Å². The molecule has 2 saturated carbocycles. The van der Waals surface area contributed by atoms with E-state index in [0.717, 1.165) is 18.7 Å². The molecule has 0 amide bonds. The van der Waals surface area contributed by atoms with Crippen LogP contribution in [0.1, 0.15) is 46.0 Å². The number of rotatable bonds is 4. The lowest BCUT2D eigenvalue weighted by Gasteiger charge is -2.44. The van der Waals surface area contributed by atoms with E-state index in [4.69, 9.17) is 0 Å². The summed E-state index contributed by atoms with van der Waals surface area (Å²) >= 11 is 0. The third-order valence-corrected chi connectivity index (χ3v) is 7.83. The molecule has 1 N–H and O–H groups in total. The fraction of sp³-hybridized carbons (Fsp3) is 0.462. The fourth-order valence-corrected chi connectivity index (χ4v) is 6.12. The van der Waals surface area contributed by atoms with E-state index in [1.54, 1.807) is 6.07 Å². The number of halogens is 1. The molecule has 8 heteroatoms. The van der Waals surface area contributed by atoms with Crippen molar-refractivity contribution in [2.45, 2.75) is 52.0 Å². The van der Waals surface area contributed by atoms with Crippen LogP contribution >= 0.6 is 0 Å². The molecular formula is C26H30FN5O2. The molecule has 0 aliphatic heterocycles. The Bertz CT molecular complexity index is 1270. The summed E-state index contributed by atoms with van der Waals surface area (Å²) in [7, 11) is 3.59. The molecule has 5 rings (SSSR count). The molecule has 0 unspecified atom stereocenters. The van der Waals surface area contributed by atoms with Gasteiger partial charge in [-0.1, -0.05) is 13.8 Å². The molecule has 178 valence electrons. The molecule has 2 aliphatic rings. The van der Waals surface area contributed by atoms with Gasteiger partial charge in [0.15, 0.2) is 5.82 Å². The summed E-state index contributed by atoms with van der Waals surface area (Å²) in [6.07, 6.45) is 7.57. The van der Waals surface area contributed by atoms with Gasteiger partial charge in [0.05, 0.1) is 17.5 Å². The van der Waals surface area contributed by atoms with Crippen molar-refractivity contribution in [1.82, 2.24) is 20.0 Å². The summed E-state index contributed by atoms with van der Waals surface area (Å²) in [5.41, 5.74) is 1.48. The Hall–Kier alpha value is -3.29. The maximum absolute atomic E-state index is 15.0. The topological polar surface area (TPSA) is 84.1 Å². The lowest BCUT2D eigenvalue weighted by molar-refractivity contribution is 0.148. The highest BCUT2D eigenvalue weighted by atomic mass is 19.1. The fourth-order valence-electron chi connectivity index (χ4n) is 6.12. The number of anilines is 1. The average molecular weight is 464 g/mol. The average Bonchev–Trinajstić information content (AvgIpc) is 3.01. The minimum atomic E-state index is -0.643. The van der Waals surface area contributed by atoms with Crippen molar-refractivity contribution in [1.29, 1.82) is 0 Å². The van der Waals surface area contributed by atoms with E-state index in [9.17, 15) is 9.90 Å². The molecule has 0 radical (unpaired) electrons. The highest BCUT2D eigenvalue weighted by molar-refractivity contribution is 5.74. The molecule has 2 bridgehead atoms. The van der Waals surface area contributed by atoms with Gasteiger partial charge < -0.3 is 10.0 Å². The molecule has 1 aromatic carbocycles. The summed E-state index contributed by atoms with van der Waals surface area (Å²) in [6.45, 7) is 4.79. The summed E-state index contributed by atoms with van der Waals surface area (Å²) < 4.78 is 16.2. The van der Waals surface area contributed by atoms with Gasteiger partial charge in [-0.05, 0) is 72.8 Å². The molecule has 3 atom stereocenters. The van der Waals surface area contributed by atoms with Gasteiger partial charge in [-0.3, -0.25) is 4.79 Å². The number of aromatic nitrogens is 4. The lowest BCUT2D eigenvalue weighted by Crippen LogP contribution is -2.42. The second-order valence-electron chi connectivity index (χ2n) is 10.8. The smallest absolute Gasteiger partial charge is 0.267 e. The standard InChI is InChI=1S/C26H30FN5O2/c1-25-7-8-26(2,15-25)13-18(12-25)31(3)22-6-5-20(29-30-22)24-19(27)9-16(10-21(24)33)17-11-23(34)32(4)28-14-17/h5-6,9-11,14,18,33H,7-8,12-13,15H2,1-4H3/t18-,25-,26+. The number of phenols is 1. The normalized spacial score (nSPS) is 26.0. The minimum absolute atomic E-state index is 0.0158. The Morgan fingerprint density at radius 1 is 1.09 bits per heavy atom. The Morgan fingerprint density at radius 2 is 1.79 bits per heavy atom. The number of fused-ring (bicyclic) bond motifs is 2. The van der Waals surface area contributed by atoms with E-state index in [0.29, 0.717) is 28.0 Å². The van der Waals surface area contributed by atoms with Crippen LogP contribution in [0, 0.1) is 16.6 Å². The molecule has 2 heterocycles. The van der Waals surface area contributed by atoms with Crippen molar-refractivity contribution < 1.29 is 9.50 Å². The third kappa shape index (κ3) is 3.95. The molecule has 7 nitrogen and oxygen atoms in total. The monoisotopic (exact) mass is 463 g/mol. The first-order valence-corrected chi connectivity index (χ1v) is 11.7. The SMILES string of the molecule is CN(c1ccc(-c2c(O)cc(-c3cnn(C)c(=O)c3)cc2F)nn1)[C@H]1C[C@]2(C)CC[C@](C)(C1)C2. The van der Waals surface area contributed by atoms with E-state index >= 15 is 4.39 Å². The van der Waals surface area contributed by atoms with Gasteiger partial charge in [-0.15, -0.1) is 10.2 Å². The number of hydrogen-bond donors (Lipinski definition) is 1. The highest BCUT2D eigenvalue weighted by Gasteiger charge is 2.50. The quantitative estimate of drug-likeness (QED) is 0.611. The number of aromatic hydroxyl groups is 1. The van der Waals surface area contributed by atoms with E-state index < -0.39 is 5.82 Å². The molecule has 2 fully saturated rings. The van der Waals surface area contributed by atoms with Crippen LogP contribution in [-0.4, -0.2) is 38.2 Å². The van der Waals surface area contributed by atoms with Crippen molar-refractivity contribution >= 4 is 5.82 Å². The zero-order chi connectivity index (χ0) is 24.3. The molecule has 0 spiro atoms. The zero-order valence-corrected chi connectivity index (χ0v) is 20.0. The number of aryl methyl sites for hydroxylation is 1. The number of benzene rings is 1. The van der Waals surface area contributed by atoms with Crippen LogP contribution in [0.4, 0.5) is 10.2 Å². The van der Waals surface area contributed by atoms with Gasteiger partial charge in [0.1, 0.15) is 11.6 Å². The Morgan fingerprint density at radius 3 is 2.38 bits per heavy atom. The summed E-state index contributed by atoms with van der Waals surface area (Å²) in [6, 6.07) is 7.95. The summed E-state index contributed by atoms with van der Waals surface area (Å²) in [4.78, 5) is 14.1. The van der Waals surface area contributed by atoms with E-state index in [-0.39, 0.29) is 22.6 Å². The lowest BCUT2D eigenvalue weighted by atomic mass is 9.68. The van der Waals surface area contributed by atoms with Gasteiger partial charge in [-0.2, -0.15) is 5.10 Å². The third-order valence-electron chi connectivity index (χ3n) is 7.83. The van der Waals surface area contributed by atoms with Crippen molar-refractivity contribution in [3.8, 4) is 28.1 Å². The largest absolute Gasteiger partial charge is 0.507 e. The number of hydrogen-bond acceptors (Lipinski definition) is 6. The Kier molecular flexibility index (Phi) is 5.22. The zero-order valence-electron chi connectivity index (χ0n) is 20.0. The molecule has 2 aromatic heterocycles. The predicted octanol–water partition coefficient (Wildman–Crippen LogP) is 4.54.